The van der Waals surface area contributed by atoms with Crippen LogP contribution in [0.1, 0.15) is 12.8 Å². The third-order valence-corrected chi connectivity index (χ3v) is 3.12. The van der Waals surface area contributed by atoms with Crippen molar-refractivity contribution in [3.05, 3.63) is 18.2 Å². The molecule has 0 fully saturated rings. The molecule has 0 saturated heterocycles. The Morgan fingerprint density at radius 3 is 2.76 bits per heavy atom. The lowest BCUT2D eigenvalue weighted by Crippen LogP contribution is -2.25. The van der Waals surface area contributed by atoms with Crippen LogP contribution in [0.4, 0.5) is 11.4 Å². The van der Waals surface area contributed by atoms with Crippen LogP contribution in [0.25, 0.3) is 0 Å². The van der Waals surface area contributed by atoms with Crippen molar-refractivity contribution in [2.45, 2.75) is 12.8 Å². The molecule has 1 aromatic carbocycles. The Hall–Kier alpha value is -1.79. The number of likely N-dealkylation sites (N-methyl/N-ethyl adjacent to an activating group) is 1. The van der Waals surface area contributed by atoms with Gasteiger partial charge in [0.05, 0.1) is 19.4 Å². The minimum atomic E-state index is -0.0294. The zero-order valence-corrected chi connectivity index (χ0v) is 13.0. The molecule has 0 unspecified atom stereocenters. The van der Waals surface area contributed by atoms with Crippen LogP contribution in [0.15, 0.2) is 18.2 Å². The fraction of sp³-hybridized carbons (Fsp3) is 0.533. The molecule has 6 nitrogen and oxygen atoms in total. The van der Waals surface area contributed by atoms with E-state index in [0.29, 0.717) is 30.2 Å². The number of anilines is 2. The van der Waals surface area contributed by atoms with Crippen LogP contribution in [0.3, 0.4) is 0 Å². The molecule has 0 aromatic heterocycles. The van der Waals surface area contributed by atoms with Gasteiger partial charge in [0.2, 0.25) is 5.91 Å². The van der Waals surface area contributed by atoms with Crippen molar-refractivity contribution in [2.24, 2.45) is 0 Å². The molecule has 118 valence electrons. The first-order valence-electron chi connectivity index (χ1n) is 6.97. The Kier molecular flexibility index (Phi) is 7.56. The zero-order chi connectivity index (χ0) is 15.7. The van der Waals surface area contributed by atoms with Gasteiger partial charge in [0.25, 0.3) is 0 Å². The van der Waals surface area contributed by atoms with Gasteiger partial charge in [0, 0.05) is 31.8 Å². The van der Waals surface area contributed by atoms with Gasteiger partial charge in [-0.05, 0) is 32.1 Å². The van der Waals surface area contributed by atoms with E-state index in [0.717, 1.165) is 19.5 Å². The topological polar surface area (TPSA) is 76.8 Å². The summed E-state index contributed by atoms with van der Waals surface area (Å²) in [5.74, 6) is 0.541. The van der Waals surface area contributed by atoms with Crippen molar-refractivity contribution in [3.8, 4) is 5.75 Å². The van der Waals surface area contributed by atoms with Crippen LogP contribution in [-0.2, 0) is 9.53 Å². The van der Waals surface area contributed by atoms with Crippen LogP contribution >= 0.6 is 0 Å². The van der Waals surface area contributed by atoms with E-state index in [1.807, 2.05) is 7.05 Å². The maximum Gasteiger partial charge on any atom is 0.224 e. The molecule has 3 N–H and O–H groups in total. The summed E-state index contributed by atoms with van der Waals surface area (Å²) in [5.41, 5.74) is 6.92. The molecule has 0 aliphatic heterocycles. The van der Waals surface area contributed by atoms with Crippen molar-refractivity contribution >= 4 is 17.3 Å². The van der Waals surface area contributed by atoms with E-state index in [2.05, 4.69) is 10.2 Å². The third-order valence-electron chi connectivity index (χ3n) is 3.12. The van der Waals surface area contributed by atoms with E-state index < -0.39 is 0 Å². The fourth-order valence-corrected chi connectivity index (χ4v) is 1.89. The quantitative estimate of drug-likeness (QED) is 0.676. The minimum Gasteiger partial charge on any atom is -0.494 e. The van der Waals surface area contributed by atoms with Crippen LogP contribution in [0, 0.1) is 0 Å². The number of nitrogens with two attached hydrogens (primary N) is 1. The number of rotatable bonds is 9. The number of carbonyl (C=O) groups excluding carboxylic acids is 1. The molecule has 0 saturated carbocycles. The predicted molar refractivity (Wildman–Crippen MR) is 84.6 cm³/mol. The Morgan fingerprint density at radius 2 is 2.10 bits per heavy atom. The van der Waals surface area contributed by atoms with E-state index in [4.69, 9.17) is 15.2 Å². The summed E-state index contributed by atoms with van der Waals surface area (Å²) in [7, 11) is 5.25. The van der Waals surface area contributed by atoms with Crippen molar-refractivity contribution in [3.63, 3.8) is 0 Å². The standard InChI is InChI=1S/C15H25N3O3/c1-18(9-10-20-2)8-4-5-15(19)17-13-7-6-12(16)11-14(13)21-3/h6-7,11H,4-5,8-10,16H2,1-3H3,(H,17,19). The minimum absolute atomic E-state index is 0.0294. The number of carbonyl (C=O) groups is 1. The van der Waals surface area contributed by atoms with Gasteiger partial charge < -0.3 is 25.4 Å². The first-order valence-corrected chi connectivity index (χ1v) is 6.97. The average Bonchev–Trinajstić information content (AvgIpc) is 2.46. The summed E-state index contributed by atoms with van der Waals surface area (Å²) in [4.78, 5) is 14.1. The molecule has 6 heteroatoms. The Labute approximate surface area is 126 Å². The van der Waals surface area contributed by atoms with Crippen LogP contribution in [0.5, 0.6) is 5.75 Å². The van der Waals surface area contributed by atoms with E-state index in [1.165, 1.54) is 0 Å². The van der Waals surface area contributed by atoms with E-state index in [9.17, 15) is 4.79 Å². The predicted octanol–water partition coefficient (Wildman–Crippen LogP) is 1.57. The van der Waals surface area contributed by atoms with Gasteiger partial charge in [0.15, 0.2) is 0 Å². The molecular formula is C15H25N3O3. The normalized spacial score (nSPS) is 10.7. The van der Waals surface area contributed by atoms with Gasteiger partial charge >= 0.3 is 0 Å². The van der Waals surface area contributed by atoms with E-state index >= 15 is 0 Å². The van der Waals surface area contributed by atoms with Gasteiger partial charge in [-0.15, -0.1) is 0 Å². The monoisotopic (exact) mass is 295 g/mol. The largest absolute Gasteiger partial charge is 0.494 e. The highest BCUT2D eigenvalue weighted by Gasteiger charge is 2.08. The van der Waals surface area contributed by atoms with Gasteiger partial charge in [-0.25, -0.2) is 0 Å². The van der Waals surface area contributed by atoms with Gasteiger partial charge in [0.1, 0.15) is 5.75 Å². The van der Waals surface area contributed by atoms with E-state index in [-0.39, 0.29) is 5.91 Å². The lowest BCUT2D eigenvalue weighted by molar-refractivity contribution is -0.116. The van der Waals surface area contributed by atoms with Crippen molar-refractivity contribution in [2.75, 3.05) is 52.0 Å². The molecule has 1 amide bonds. The smallest absolute Gasteiger partial charge is 0.224 e. The summed E-state index contributed by atoms with van der Waals surface area (Å²) in [5, 5.41) is 2.84. The average molecular weight is 295 g/mol. The number of benzene rings is 1. The van der Waals surface area contributed by atoms with Gasteiger partial charge in [-0.3, -0.25) is 4.79 Å². The molecule has 1 aromatic rings. The van der Waals surface area contributed by atoms with Crippen LogP contribution in [0.2, 0.25) is 0 Å². The first kappa shape index (κ1) is 17.3. The van der Waals surface area contributed by atoms with Crippen molar-refractivity contribution in [1.29, 1.82) is 0 Å². The molecule has 0 aliphatic carbocycles. The summed E-state index contributed by atoms with van der Waals surface area (Å²) < 4.78 is 10.2. The maximum absolute atomic E-state index is 11.9. The zero-order valence-electron chi connectivity index (χ0n) is 13.0. The van der Waals surface area contributed by atoms with Crippen molar-refractivity contribution < 1.29 is 14.3 Å². The Morgan fingerprint density at radius 1 is 1.33 bits per heavy atom. The van der Waals surface area contributed by atoms with E-state index in [1.54, 1.807) is 32.4 Å². The number of nitrogens with zero attached hydrogens (tertiary/aromatic N) is 1. The molecule has 0 aliphatic rings. The van der Waals surface area contributed by atoms with Crippen molar-refractivity contribution in [1.82, 2.24) is 4.90 Å². The number of nitrogen functional groups attached to an aromatic ring is 1. The Bertz CT molecular complexity index is 452. The number of methoxy groups -OCH3 is 2. The highest BCUT2D eigenvalue weighted by atomic mass is 16.5. The molecule has 0 atom stereocenters. The molecule has 21 heavy (non-hydrogen) atoms. The third kappa shape index (κ3) is 6.46. The maximum atomic E-state index is 11.9. The lowest BCUT2D eigenvalue weighted by Gasteiger charge is -2.15. The number of ether oxygens (including phenoxy) is 2. The van der Waals surface area contributed by atoms with Crippen LogP contribution < -0.4 is 15.8 Å². The molecule has 0 radical (unpaired) electrons. The highest BCUT2D eigenvalue weighted by Crippen LogP contribution is 2.26. The highest BCUT2D eigenvalue weighted by molar-refractivity contribution is 5.92. The number of hydrogen-bond acceptors (Lipinski definition) is 5. The Balaban J connectivity index is 2.37. The van der Waals surface area contributed by atoms with Gasteiger partial charge in [-0.1, -0.05) is 0 Å². The number of amides is 1. The second kappa shape index (κ2) is 9.20. The van der Waals surface area contributed by atoms with Gasteiger partial charge in [-0.2, -0.15) is 0 Å². The van der Waals surface area contributed by atoms with Crippen LogP contribution in [-0.4, -0.2) is 51.8 Å². The summed E-state index contributed by atoms with van der Waals surface area (Å²) in [6.07, 6.45) is 1.26. The SMILES string of the molecule is COCCN(C)CCCC(=O)Nc1ccc(N)cc1OC. The lowest BCUT2D eigenvalue weighted by atomic mass is 10.2. The molecule has 0 heterocycles. The molecule has 0 spiro atoms. The second-order valence-electron chi connectivity index (χ2n) is 4.91. The molecule has 1 rings (SSSR count). The number of hydrogen-bond donors (Lipinski definition) is 2. The number of nitrogens with one attached hydrogen (secondary N) is 1. The summed E-state index contributed by atoms with van der Waals surface area (Å²) in [6.45, 7) is 2.42. The summed E-state index contributed by atoms with van der Waals surface area (Å²) >= 11 is 0. The first-order chi connectivity index (χ1) is 10.1. The summed E-state index contributed by atoms with van der Waals surface area (Å²) in [6, 6.07) is 5.17. The molecular weight excluding hydrogens is 270 g/mol. The fourth-order valence-electron chi connectivity index (χ4n) is 1.89. The second-order valence-corrected chi connectivity index (χ2v) is 4.91. The molecule has 0 bridgehead atoms.